The Bertz CT molecular complexity index is 654. The van der Waals surface area contributed by atoms with Gasteiger partial charge in [0, 0.05) is 25.8 Å². The highest BCUT2D eigenvalue weighted by molar-refractivity contribution is 5.81. The topological polar surface area (TPSA) is 120 Å². The first-order valence-electron chi connectivity index (χ1n) is 6.14. The molecule has 0 spiro atoms. The van der Waals surface area contributed by atoms with Gasteiger partial charge in [0.25, 0.3) is 11.7 Å². The molecule has 1 amide bonds. The summed E-state index contributed by atoms with van der Waals surface area (Å²) in [6.45, 7) is 0.827. The third kappa shape index (κ3) is 3.89. The molecular formula is C12H14N4O5. The van der Waals surface area contributed by atoms with Crippen LogP contribution in [0.3, 0.4) is 0 Å². The van der Waals surface area contributed by atoms with Crippen molar-refractivity contribution < 1.29 is 18.9 Å². The average Bonchev–Trinajstić information content (AvgIpc) is 2.87. The minimum Gasteiger partial charge on any atom is -0.424 e. The van der Waals surface area contributed by atoms with Gasteiger partial charge in [0.05, 0.1) is 18.1 Å². The van der Waals surface area contributed by atoms with Crippen LogP contribution in [0.5, 0.6) is 0 Å². The van der Waals surface area contributed by atoms with E-state index in [4.69, 9.17) is 9.15 Å². The largest absolute Gasteiger partial charge is 0.424 e. The number of ether oxygens (including phenoxy) is 1. The van der Waals surface area contributed by atoms with E-state index in [2.05, 4.69) is 15.6 Å². The van der Waals surface area contributed by atoms with Crippen LogP contribution < -0.4 is 10.6 Å². The number of non-ortho nitro benzene ring substituents is 1. The molecule has 0 saturated heterocycles. The highest BCUT2D eigenvalue weighted by atomic mass is 16.6. The van der Waals surface area contributed by atoms with Crippen molar-refractivity contribution in [3.8, 4) is 0 Å². The standard InChI is InChI=1S/C12H14N4O5/c1-20-5-4-13-11(17)7-14-12-15-9-6-8(16(18)19)2-3-10(9)21-12/h2-3,6H,4-5,7H2,1H3,(H,13,17)(H,14,15). The molecule has 0 radical (unpaired) electrons. The molecule has 2 aromatic rings. The number of methoxy groups -OCH3 is 1. The van der Waals surface area contributed by atoms with E-state index in [1.54, 1.807) is 7.11 Å². The fourth-order valence-corrected chi connectivity index (χ4v) is 1.62. The van der Waals surface area contributed by atoms with Crippen molar-refractivity contribution in [2.24, 2.45) is 0 Å². The van der Waals surface area contributed by atoms with E-state index >= 15 is 0 Å². The average molecular weight is 294 g/mol. The quantitative estimate of drug-likeness (QED) is 0.442. The lowest BCUT2D eigenvalue weighted by molar-refractivity contribution is -0.384. The Balaban J connectivity index is 1.96. The zero-order chi connectivity index (χ0) is 15.2. The third-order valence-electron chi connectivity index (χ3n) is 2.61. The van der Waals surface area contributed by atoms with Crippen molar-refractivity contribution in [3.05, 3.63) is 28.3 Å². The molecular weight excluding hydrogens is 280 g/mol. The summed E-state index contributed by atoms with van der Waals surface area (Å²) in [6.07, 6.45) is 0. The van der Waals surface area contributed by atoms with Gasteiger partial charge in [-0.05, 0) is 6.07 Å². The number of fused-ring (bicyclic) bond motifs is 1. The molecule has 0 atom stereocenters. The summed E-state index contributed by atoms with van der Waals surface area (Å²) in [5.74, 6) is -0.236. The van der Waals surface area contributed by atoms with Crippen molar-refractivity contribution in [1.82, 2.24) is 10.3 Å². The Morgan fingerprint density at radius 3 is 3.05 bits per heavy atom. The first-order chi connectivity index (χ1) is 10.1. The number of carbonyl (C=O) groups excluding carboxylic acids is 1. The first kappa shape index (κ1) is 14.7. The number of anilines is 1. The van der Waals surface area contributed by atoms with Crippen LogP contribution >= 0.6 is 0 Å². The highest BCUT2D eigenvalue weighted by Crippen LogP contribution is 2.23. The Labute approximate surface area is 119 Å². The monoisotopic (exact) mass is 294 g/mol. The summed E-state index contributed by atoms with van der Waals surface area (Å²) in [6, 6.07) is 4.23. The molecule has 0 aliphatic rings. The van der Waals surface area contributed by atoms with Crippen molar-refractivity contribution in [2.75, 3.05) is 32.1 Å². The van der Waals surface area contributed by atoms with Crippen molar-refractivity contribution in [3.63, 3.8) is 0 Å². The Morgan fingerprint density at radius 1 is 1.52 bits per heavy atom. The van der Waals surface area contributed by atoms with Gasteiger partial charge in [0.1, 0.15) is 5.52 Å². The van der Waals surface area contributed by atoms with Gasteiger partial charge >= 0.3 is 0 Å². The summed E-state index contributed by atoms with van der Waals surface area (Å²) in [4.78, 5) is 25.6. The third-order valence-corrected chi connectivity index (χ3v) is 2.61. The molecule has 1 aromatic heterocycles. The zero-order valence-electron chi connectivity index (χ0n) is 11.3. The maximum Gasteiger partial charge on any atom is 0.296 e. The molecule has 9 nitrogen and oxygen atoms in total. The molecule has 0 bridgehead atoms. The predicted octanol–water partition coefficient (Wildman–Crippen LogP) is 0.910. The van der Waals surface area contributed by atoms with Crippen molar-refractivity contribution in [2.45, 2.75) is 0 Å². The van der Waals surface area contributed by atoms with Gasteiger partial charge in [0.15, 0.2) is 5.58 Å². The van der Waals surface area contributed by atoms with Gasteiger partial charge in [-0.25, -0.2) is 0 Å². The number of oxazole rings is 1. The number of nitro benzene ring substituents is 1. The van der Waals surface area contributed by atoms with Crippen molar-refractivity contribution >= 4 is 28.7 Å². The number of hydrogen-bond acceptors (Lipinski definition) is 7. The van der Waals surface area contributed by atoms with Gasteiger partial charge in [-0.3, -0.25) is 14.9 Å². The summed E-state index contributed by atoms with van der Waals surface area (Å²) < 4.78 is 10.1. The Morgan fingerprint density at radius 2 is 2.33 bits per heavy atom. The molecule has 112 valence electrons. The molecule has 2 rings (SSSR count). The van der Waals surface area contributed by atoms with Gasteiger partial charge in [-0.15, -0.1) is 0 Å². The van der Waals surface area contributed by atoms with Gasteiger partial charge < -0.3 is 19.8 Å². The normalized spacial score (nSPS) is 10.5. The van der Waals surface area contributed by atoms with Crippen molar-refractivity contribution in [1.29, 1.82) is 0 Å². The second kappa shape index (κ2) is 6.66. The van der Waals surface area contributed by atoms with Gasteiger partial charge in [-0.2, -0.15) is 4.98 Å². The lowest BCUT2D eigenvalue weighted by atomic mass is 10.3. The minimum absolute atomic E-state index is 0.0152. The Kier molecular flexibility index (Phi) is 4.67. The number of hydrogen-bond donors (Lipinski definition) is 2. The van der Waals surface area contributed by atoms with E-state index in [1.165, 1.54) is 18.2 Å². The molecule has 21 heavy (non-hydrogen) atoms. The van der Waals surface area contributed by atoms with E-state index in [9.17, 15) is 14.9 Å². The number of aromatic nitrogens is 1. The summed E-state index contributed by atoms with van der Waals surface area (Å²) in [5, 5.41) is 16.0. The molecule has 0 aliphatic heterocycles. The second-order valence-corrected chi connectivity index (χ2v) is 4.12. The zero-order valence-corrected chi connectivity index (χ0v) is 11.3. The van der Waals surface area contributed by atoms with Crippen LogP contribution in [0.25, 0.3) is 11.1 Å². The van der Waals surface area contributed by atoms with Crippen LogP contribution in [0.2, 0.25) is 0 Å². The fourth-order valence-electron chi connectivity index (χ4n) is 1.62. The molecule has 0 saturated carbocycles. The van der Waals surface area contributed by atoms with Crippen LogP contribution in [-0.4, -0.2) is 42.6 Å². The number of nitro groups is 1. The van der Waals surface area contributed by atoms with E-state index in [0.717, 1.165) is 0 Å². The number of benzene rings is 1. The fraction of sp³-hybridized carbons (Fsp3) is 0.333. The minimum atomic E-state index is -0.509. The molecule has 0 aliphatic carbocycles. The number of nitrogens with zero attached hydrogens (tertiary/aromatic N) is 2. The molecule has 9 heteroatoms. The van der Waals surface area contributed by atoms with E-state index in [-0.39, 0.29) is 24.2 Å². The predicted molar refractivity (Wildman–Crippen MR) is 74.0 cm³/mol. The highest BCUT2D eigenvalue weighted by Gasteiger charge is 2.12. The van der Waals surface area contributed by atoms with Crippen LogP contribution in [0, 0.1) is 10.1 Å². The second-order valence-electron chi connectivity index (χ2n) is 4.12. The lowest BCUT2D eigenvalue weighted by Gasteiger charge is -2.04. The van der Waals surface area contributed by atoms with E-state index < -0.39 is 4.92 Å². The van der Waals surface area contributed by atoms with Gasteiger partial charge in [-0.1, -0.05) is 0 Å². The van der Waals surface area contributed by atoms with Crippen LogP contribution in [0.1, 0.15) is 0 Å². The molecule has 2 N–H and O–H groups in total. The molecule has 0 unspecified atom stereocenters. The lowest BCUT2D eigenvalue weighted by Crippen LogP contribution is -2.32. The number of amides is 1. The van der Waals surface area contributed by atoms with Crippen LogP contribution in [0.15, 0.2) is 22.6 Å². The smallest absolute Gasteiger partial charge is 0.296 e. The maximum absolute atomic E-state index is 11.5. The summed E-state index contributed by atoms with van der Waals surface area (Å²) in [7, 11) is 1.54. The van der Waals surface area contributed by atoms with Crippen LogP contribution in [0.4, 0.5) is 11.7 Å². The molecule has 0 fully saturated rings. The summed E-state index contributed by atoms with van der Waals surface area (Å²) in [5.41, 5.74) is 0.689. The van der Waals surface area contributed by atoms with Gasteiger partial charge in [0.2, 0.25) is 5.91 Å². The maximum atomic E-state index is 11.5. The summed E-state index contributed by atoms with van der Waals surface area (Å²) >= 11 is 0. The molecule has 1 heterocycles. The van der Waals surface area contributed by atoms with E-state index in [1.807, 2.05) is 0 Å². The number of carbonyl (C=O) groups is 1. The van der Waals surface area contributed by atoms with E-state index in [0.29, 0.717) is 24.3 Å². The number of rotatable bonds is 7. The molecule has 1 aromatic carbocycles. The SMILES string of the molecule is COCCNC(=O)CNc1nc2cc([N+](=O)[O-])ccc2o1. The Hall–Kier alpha value is -2.68. The van der Waals surface area contributed by atoms with Crippen LogP contribution in [-0.2, 0) is 9.53 Å². The first-order valence-corrected chi connectivity index (χ1v) is 6.14. The number of nitrogens with one attached hydrogen (secondary N) is 2.